The van der Waals surface area contributed by atoms with Gasteiger partial charge in [-0.25, -0.2) is 0 Å². The smallest absolute Gasteiger partial charge is 0.328 e. The SMILES string of the molecule is CCCCCC(N)CC.COS(=O)(=O)O. The first-order chi connectivity index (χ1) is 6.87. The number of hydrogen-bond donors (Lipinski definition) is 2. The lowest BCUT2D eigenvalue weighted by Crippen LogP contribution is -2.17. The van der Waals surface area contributed by atoms with Gasteiger partial charge in [0.15, 0.2) is 0 Å². The van der Waals surface area contributed by atoms with E-state index in [0.717, 1.165) is 13.5 Å². The Kier molecular flexibility index (Phi) is 11.9. The molecule has 0 heterocycles. The van der Waals surface area contributed by atoms with Gasteiger partial charge in [0.05, 0.1) is 7.11 Å². The van der Waals surface area contributed by atoms with Gasteiger partial charge in [-0.15, -0.1) is 0 Å². The van der Waals surface area contributed by atoms with Gasteiger partial charge in [0.1, 0.15) is 0 Å². The molecule has 0 amide bonds. The normalized spacial score (nSPS) is 12.9. The molecule has 0 aliphatic carbocycles. The molecule has 0 saturated heterocycles. The van der Waals surface area contributed by atoms with Crippen molar-refractivity contribution in [2.24, 2.45) is 5.73 Å². The first-order valence-electron chi connectivity index (χ1n) is 5.15. The van der Waals surface area contributed by atoms with Gasteiger partial charge in [-0.1, -0.05) is 33.1 Å². The first-order valence-corrected chi connectivity index (χ1v) is 6.52. The third-order valence-electron chi connectivity index (χ3n) is 1.91. The zero-order valence-corrected chi connectivity index (χ0v) is 10.6. The largest absolute Gasteiger partial charge is 0.397 e. The maximum Gasteiger partial charge on any atom is 0.397 e. The zero-order valence-electron chi connectivity index (χ0n) is 9.77. The summed E-state index contributed by atoms with van der Waals surface area (Å²) in [6.45, 7) is 4.37. The molecule has 0 spiro atoms. The van der Waals surface area contributed by atoms with E-state index in [4.69, 9.17) is 10.3 Å². The molecule has 1 unspecified atom stereocenters. The minimum Gasteiger partial charge on any atom is -0.328 e. The van der Waals surface area contributed by atoms with E-state index in [2.05, 4.69) is 18.0 Å². The van der Waals surface area contributed by atoms with Gasteiger partial charge < -0.3 is 5.73 Å². The summed E-state index contributed by atoms with van der Waals surface area (Å²) in [4.78, 5) is 0. The van der Waals surface area contributed by atoms with Crippen LogP contribution in [0.3, 0.4) is 0 Å². The van der Waals surface area contributed by atoms with Crippen molar-refractivity contribution in [1.82, 2.24) is 0 Å². The Morgan fingerprint density at radius 1 is 1.33 bits per heavy atom. The van der Waals surface area contributed by atoms with Crippen LogP contribution in [0.5, 0.6) is 0 Å². The molecule has 0 aliphatic rings. The molecule has 0 fully saturated rings. The quantitative estimate of drug-likeness (QED) is 0.546. The number of hydrogen-bond acceptors (Lipinski definition) is 4. The van der Waals surface area contributed by atoms with Crippen LogP contribution in [0.25, 0.3) is 0 Å². The molecule has 0 aromatic rings. The van der Waals surface area contributed by atoms with E-state index < -0.39 is 10.4 Å². The lowest BCUT2D eigenvalue weighted by molar-refractivity contribution is 0.324. The highest BCUT2D eigenvalue weighted by molar-refractivity contribution is 7.80. The number of nitrogens with two attached hydrogens (primary N) is 1. The average molecular weight is 241 g/mol. The van der Waals surface area contributed by atoms with Crippen molar-refractivity contribution >= 4 is 10.4 Å². The van der Waals surface area contributed by atoms with Crippen LogP contribution in [0.15, 0.2) is 0 Å². The van der Waals surface area contributed by atoms with Gasteiger partial charge in [-0.3, -0.25) is 8.74 Å². The molecule has 0 bridgehead atoms. The molecule has 0 aromatic heterocycles. The van der Waals surface area contributed by atoms with Gasteiger partial charge in [0.25, 0.3) is 0 Å². The molecule has 0 aromatic carbocycles. The lowest BCUT2D eigenvalue weighted by Gasteiger charge is -2.05. The fourth-order valence-corrected chi connectivity index (χ4v) is 0.861. The lowest BCUT2D eigenvalue weighted by atomic mass is 10.1. The van der Waals surface area contributed by atoms with Crippen molar-refractivity contribution in [2.75, 3.05) is 7.11 Å². The maximum atomic E-state index is 9.33. The fourth-order valence-electron chi connectivity index (χ4n) is 0.861. The second kappa shape index (κ2) is 10.4. The first kappa shape index (κ1) is 17.2. The molecule has 0 radical (unpaired) electrons. The molecular weight excluding hydrogens is 218 g/mol. The number of rotatable bonds is 6. The molecule has 15 heavy (non-hydrogen) atoms. The van der Waals surface area contributed by atoms with Crippen LogP contribution in [-0.2, 0) is 14.6 Å². The van der Waals surface area contributed by atoms with Crippen molar-refractivity contribution in [2.45, 2.75) is 52.0 Å². The minimum absolute atomic E-state index is 0.455. The van der Waals surface area contributed by atoms with Crippen molar-refractivity contribution in [3.05, 3.63) is 0 Å². The molecule has 0 aliphatic heterocycles. The highest BCUT2D eigenvalue weighted by Crippen LogP contribution is 2.03. The third-order valence-corrected chi connectivity index (χ3v) is 2.33. The molecule has 5 nitrogen and oxygen atoms in total. The van der Waals surface area contributed by atoms with Crippen LogP contribution in [0.2, 0.25) is 0 Å². The molecule has 3 N–H and O–H groups in total. The Hall–Kier alpha value is -0.170. The van der Waals surface area contributed by atoms with Gasteiger partial charge >= 0.3 is 10.4 Å². The second-order valence-electron chi connectivity index (χ2n) is 3.26. The maximum absolute atomic E-state index is 9.33. The summed E-state index contributed by atoms with van der Waals surface area (Å²) in [5, 5.41) is 0. The Morgan fingerprint density at radius 2 is 1.80 bits per heavy atom. The van der Waals surface area contributed by atoms with E-state index in [1.807, 2.05) is 0 Å². The number of unbranched alkanes of at least 4 members (excludes halogenated alkanes) is 2. The topological polar surface area (TPSA) is 89.6 Å². The molecular formula is C9H23NO4S. The Balaban J connectivity index is 0. The summed E-state index contributed by atoms with van der Waals surface area (Å²) >= 11 is 0. The van der Waals surface area contributed by atoms with Crippen molar-refractivity contribution < 1.29 is 17.2 Å². The van der Waals surface area contributed by atoms with E-state index in [9.17, 15) is 8.42 Å². The summed E-state index contributed by atoms with van der Waals surface area (Å²) in [5.41, 5.74) is 5.71. The molecule has 6 heteroatoms. The average Bonchev–Trinajstić information content (AvgIpc) is 2.18. The summed E-state index contributed by atoms with van der Waals surface area (Å²) in [7, 11) is -3.29. The molecule has 1 atom stereocenters. The van der Waals surface area contributed by atoms with E-state index in [-0.39, 0.29) is 0 Å². The van der Waals surface area contributed by atoms with Gasteiger partial charge in [0, 0.05) is 6.04 Å². The van der Waals surface area contributed by atoms with Crippen LogP contribution in [0, 0.1) is 0 Å². The second-order valence-corrected chi connectivity index (χ2v) is 4.45. The Labute approximate surface area is 93.0 Å². The zero-order chi connectivity index (χ0) is 12.3. The minimum atomic E-state index is -4.16. The van der Waals surface area contributed by atoms with E-state index in [0.29, 0.717) is 6.04 Å². The fraction of sp³-hybridized carbons (Fsp3) is 1.00. The van der Waals surface area contributed by atoms with Crippen LogP contribution < -0.4 is 5.73 Å². The highest BCUT2D eigenvalue weighted by atomic mass is 32.3. The van der Waals surface area contributed by atoms with Gasteiger partial charge in [-0.2, -0.15) is 8.42 Å². The highest BCUT2D eigenvalue weighted by Gasteiger charge is 1.96. The van der Waals surface area contributed by atoms with Crippen molar-refractivity contribution in [3.63, 3.8) is 0 Å². The predicted molar refractivity (Wildman–Crippen MR) is 61.0 cm³/mol. The Morgan fingerprint density at radius 3 is 2.07 bits per heavy atom. The third kappa shape index (κ3) is 20.0. The van der Waals surface area contributed by atoms with E-state index in [1.165, 1.54) is 25.7 Å². The van der Waals surface area contributed by atoms with Gasteiger partial charge in [0.2, 0.25) is 0 Å². The monoisotopic (exact) mass is 241 g/mol. The summed E-state index contributed by atoms with van der Waals surface area (Å²) < 4.78 is 29.7. The van der Waals surface area contributed by atoms with E-state index in [1.54, 1.807) is 0 Å². The summed E-state index contributed by atoms with van der Waals surface area (Å²) in [5.74, 6) is 0. The van der Waals surface area contributed by atoms with Gasteiger partial charge in [-0.05, 0) is 12.8 Å². The van der Waals surface area contributed by atoms with Crippen LogP contribution in [0.4, 0.5) is 0 Å². The van der Waals surface area contributed by atoms with Crippen LogP contribution in [-0.4, -0.2) is 26.1 Å². The summed E-state index contributed by atoms with van der Waals surface area (Å²) in [6.07, 6.45) is 6.30. The predicted octanol–water partition coefficient (Wildman–Crippen LogP) is 1.74. The molecule has 0 saturated carbocycles. The standard InChI is InChI=1S/C8H19N.CH4O4S/c1-3-5-6-7-8(9)4-2;1-5-6(2,3)4/h8H,3-7,9H2,1-2H3;1H3,(H,2,3,4). The molecule has 0 rings (SSSR count). The summed E-state index contributed by atoms with van der Waals surface area (Å²) in [6, 6.07) is 0.455. The molecule has 94 valence electrons. The van der Waals surface area contributed by atoms with Crippen molar-refractivity contribution in [1.29, 1.82) is 0 Å². The van der Waals surface area contributed by atoms with Crippen LogP contribution in [0.1, 0.15) is 46.0 Å². The van der Waals surface area contributed by atoms with E-state index >= 15 is 0 Å². The Bertz CT molecular complexity index is 216. The van der Waals surface area contributed by atoms with Crippen LogP contribution >= 0.6 is 0 Å². The van der Waals surface area contributed by atoms with Crippen molar-refractivity contribution in [3.8, 4) is 0 Å².